The van der Waals surface area contributed by atoms with Crippen LogP contribution in [0.2, 0.25) is 0 Å². The lowest BCUT2D eigenvalue weighted by Crippen LogP contribution is -2.49. The molecule has 1 amide bonds. The van der Waals surface area contributed by atoms with Gasteiger partial charge in [-0.1, -0.05) is 30.3 Å². The topological polar surface area (TPSA) is 74.7 Å². The molecule has 0 radical (unpaired) electrons. The molecular formula is C17H21NO4S. The first-order chi connectivity index (χ1) is 11.0. The number of likely N-dealkylation sites (tertiary alicyclic amines) is 1. The minimum atomic E-state index is -0.845. The van der Waals surface area contributed by atoms with Gasteiger partial charge in [-0.25, -0.2) is 0 Å². The zero-order valence-corrected chi connectivity index (χ0v) is 13.9. The first-order valence-electron chi connectivity index (χ1n) is 7.69. The second kappa shape index (κ2) is 8.15. The number of benzene rings is 1. The molecule has 1 aromatic carbocycles. The van der Waals surface area contributed by atoms with Crippen molar-refractivity contribution in [2.45, 2.75) is 25.8 Å². The van der Waals surface area contributed by atoms with Gasteiger partial charge in [0.1, 0.15) is 0 Å². The van der Waals surface area contributed by atoms with Crippen molar-refractivity contribution < 1.29 is 19.5 Å². The largest absolute Gasteiger partial charge is 0.481 e. The quantitative estimate of drug-likeness (QED) is 0.808. The lowest BCUT2D eigenvalue weighted by molar-refractivity contribution is -0.148. The third-order valence-corrected chi connectivity index (χ3v) is 5.10. The minimum Gasteiger partial charge on any atom is -0.481 e. The van der Waals surface area contributed by atoms with E-state index in [9.17, 15) is 19.5 Å². The van der Waals surface area contributed by atoms with Gasteiger partial charge in [-0.05, 0) is 19.8 Å². The zero-order chi connectivity index (χ0) is 16.8. The summed E-state index contributed by atoms with van der Waals surface area (Å²) in [4.78, 5) is 37.1. The average Bonchev–Trinajstić information content (AvgIpc) is 2.55. The van der Waals surface area contributed by atoms with Gasteiger partial charge in [0.2, 0.25) is 5.91 Å². The van der Waals surface area contributed by atoms with Crippen LogP contribution in [0.4, 0.5) is 0 Å². The van der Waals surface area contributed by atoms with Crippen molar-refractivity contribution in [3.63, 3.8) is 0 Å². The molecule has 124 valence electrons. The number of thioether (sulfide) groups is 1. The van der Waals surface area contributed by atoms with Gasteiger partial charge < -0.3 is 10.0 Å². The highest BCUT2D eigenvalue weighted by Gasteiger charge is 2.35. The molecule has 1 aromatic rings. The summed E-state index contributed by atoms with van der Waals surface area (Å²) in [6.45, 7) is 2.38. The maximum Gasteiger partial charge on any atom is 0.308 e. The van der Waals surface area contributed by atoms with Crippen LogP contribution in [0, 0.1) is 5.92 Å². The van der Waals surface area contributed by atoms with E-state index in [-0.39, 0.29) is 29.2 Å². The predicted molar refractivity (Wildman–Crippen MR) is 89.6 cm³/mol. The number of carbonyl (C=O) groups excluding carboxylic acids is 2. The molecule has 1 N–H and O–H groups in total. The van der Waals surface area contributed by atoms with E-state index in [0.29, 0.717) is 24.9 Å². The molecule has 23 heavy (non-hydrogen) atoms. The lowest BCUT2D eigenvalue weighted by Gasteiger charge is -2.37. The molecule has 1 heterocycles. The van der Waals surface area contributed by atoms with Crippen molar-refractivity contribution in [3.8, 4) is 0 Å². The number of piperidine rings is 1. The molecule has 1 aliphatic heterocycles. The van der Waals surface area contributed by atoms with Crippen molar-refractivity contribution in [1.82, 2.24) is 4.90 Å². The van der Waals surface area contributed by atoms with Crippen LogP contribution in [0.15, 0.2) is 30.3 Å². The van der Waals surface area contributed by atoms with E-state index >= 15 is 0 Å². The molecule has 0 bridgehead atoms. The maximum atomic E-state index is 12.3. The molecule has 1 saturated heterocycles. The fourth-order valence-corrected chi connectivity index (χ4v) is 3.64. The molecule has 0 aromatic heterocycles. The second-order valence-corrected chi connectivity index (χ2v) is 6.68. The summed E-state index contributed by atoms with van der Waals surface area (Å²) in [6.07, 6.45) is 1.32. The molecular weight excluding hydrogens is 314 g/mol. The molecule has 0 unspecified atom stereocenters. The highest BCUT2D eigenvalue weighted by Crippen LogP contribution is 2.24. The number of rotatable bonds is 6. The summed E-state index contributed by atoms with van der Waals surface area (Å²) >= 11 is 1.28. The number of hydrogen-bond acceptors (Lipinski definition) is 4. The Morgan fingerprint density at radius 1 is 1.22 bits per heavy atom. The van der Waals surface area contributed by atoms with E-state index in [2.05, 4.69) is 0 Å². The Kier molecular flexibility index (Phi) is 6.21. The number of aliphatic carboxylic acids is 1. The second-order valence-electron chi connectivity index (χ2n) is 5.70. The fraction of sp³-hybridized carbons (Fsp3) is 0.471. The van der Waals surface area contributed by atoms with Gasteiger partial charge in [0, 0.05) is 18.2 Å². The molecule has 2 atom stereocenters. The number of hydrogen-bond donors (Lipinski definition) is 1. The van der Waals surface area contributed by atoms with Crippen LogP contribution >= 0.6 is 11.8 Å². The van der Waals surface area contributed by atoms with Gasteiger partial charge in [-0.3, -0.25) is 14.4 Å². The predicted octanol–water partition coefficient (Wildman–Crippen LogP) is 2.31. The van der Waals surface area contributed by atoms with E-state index < -0.39 is 11.9 Å². The molecule has 5 nitrogen and oxygen atoms in total. The summed E-state index contributed by atoms with van der Waals surface area (Å²) in [5.74, 6) is -0.978. The Hall–Kier alpha value is -1.82. The van der Waals surface area contributed by atoms with Crippen LogP contribution in [0.25, 0.3) is 0 Å². The summed E-state index contributed by atoms with van der Waals surface area (Å²) in [6, 6.07) is 8.70. The van der Waals surface area contributed by atoms with Crippen LogP contribution in [0.1, 0.15) is 30.1 Å². The zero-order valence-electron chi connectivity index (χ0n) is 13.1. The number of ketones is 1. The van der Waals surface area contributed by atoms with Gasteiger partial charge in [0.25, 0.3) is 0 Å². The Balaban J connectivity index is 1.82. The highest BCUT2D eigenvalue weighted by molar-refractivity contribution is 8.00. The highest BCUT2D eigenvalue weighted by atomic mass is 32.2. The molecule has 6 heteroatoms. The normalized spacial score (nSPS) is 21.0. The SMILES string of the molecule is C[C@@H]1[C@H](C(=O)O)CCCN1C(=O)CSCC(=O)c1ccccc1. The van der Waals surface area contributed by atoms with E-state index in [1.165, 1.54) is 11.8 Å². The van der Waals surface area contributed by atoms with Crippen LogP contribution in [0.5, 0.6) is 0 Å². The summed E-state index contributed by atoms with van der Waals surface area (Å²) < 4.78 is 0. The van der Waals surface area contributed by atoms with Crippen molar-refractivity contribution in [3.05, 3.63) is 35.9 Å². The molecule has 1 aliphatic rings. The van der Waals surface area contributed by atoms with E-state index in [0.717, 1.165) is 0 Å². The van der Waals surface area contributed by atoms with Crippen LogP contribution < -0.4 is 0 Å². The van der Waals surface area contributed by atoms with Crippen molar-refractivity contribution in [2.75, 3.05) is 18.1 Å². The van der Waals surface area contributed by atoms with Gasteiger partial charge in [-0.2, -0.15) is 0 Å². The van der Waals surface area contributed by atoms with E-state index in [1.807, 2.05) is 18.2 Å². The number of nitrogens with zero attached hydrogens (tertiary/aromatic N) is 1. The van der Waals surface area contributed by atoms with Gasteiger partial charge in [0.15, 0.2) is 5.78 Å². The van der Waals surface area contributed by atoms with Crippen LogP contribution in [-0.4, -0.2) is 51.8 Å². The third kappa shape index (κ3) is 4.58. The Bertz CT molecular complexity index is 575. The van der Waals surface area contributed by atoms with E-state index in [1.54, 1.807) is 24.0 Å². The Labute approximate surface area is 140 Å². The molecule has 0 aliphatic carbocycles. The molecule has 2 rings (SSSR count). The third-order valence-electron chi connectivity index (χ3n) is 4.18. The van der Waals surface area contributed by atoms with E-state index in [4.69, 9.17) is 0 Å². The standard InChI is InChI=1S/C17H21NO4S/c1-12-14(17(21)22)8-5-9-18(12)16(20)11-23-10-15(19)13-6-3-2-4-7-13/h2-4,6-7,12,14H,5,8-11H2,1H3,(H,21,22)/t12-,14-/m1/s1. The summed E-state index contributed by atoms with van der Waals surface area (Å²) in [5.41, 5.74) is 0.643. The first kappa shape index (κ1) is 17.5. The van der Waals surface area contributed by atoms with Gasteiger partial charge in [0.05, 0.1) is 17.4 Å². The van der Waals surface area contributed by atoms with Crippen molar-refractivity contribution in [2.24, 2.45) is 5.92 Å². The lowest BCUT2D eigenvalue weighted by atomic mass is 9.90. The fourth-order valence-electron chi connectivity index (χ4n) is 2.85. The van der Waals surface area contributed by atoms with Crippen LogP contribution in [0.3, 0.4) is 0 Å². The summed E-state index contributed by atoms with van der Waals surface area (Å²) in [7, 11) is 0. The van der Waals surface area contributed by atoms with Gasteiger partial charge >= 0.3 is 5.97 Å². The van der Waals surface area contributed by atoms with Crippen molar-refractivity contribution >= 4 is 29.4 Å². The Morgan fingerprint density at radius 2 is 1.91 bits per heavy atom. The number of carboxylic acids is 1. The first-order valence-corrected chi connectivity index (χ1v) is 8.84. The molecule has 0 spiro atoms. The summed E-state index contributed by atoms with van der Waals surface area (Å²) in [5, 5.41) is 9.20. The minimum absolute atomic E-state index is 0.00138. The average molecular weight is 335 g/mol. The number of carbonyl (C=O) groups is 3. The molecule has 1 fully saturated rings. The molecule has 0 saturated carbocycles. The number of carboxylic acid groups (broad SMARTS) is 1. The Morgan fingerprint density at radius 3 is 2.57 bits per heavy atom. The number of amides is 1. The van der Waals surface area contributed by atoms with Crippen LogP contribution in [-0.2, 0) is 9.59 Å². The smallest absolute Gasteiger partial charge is 0.308 e. The number of Topliss-reactive ketones (excluding diaryl/α,β-unsaturated/α-hetero) is 1. The maximum absolute atomic E-state index is 12.3. The monoisotopic (exact) mass is 335 g/mol. The van der Waals surface area contributed by atoms with Crippen molar-refractivity contribution in [1.29, 1.82) is 0 Å². The van der Waals surface area contributed by atoms with Gasteiger partial charge in [-0.15, -0.1) is 11.8 Å².